The molecule has 2 aromatic carbocycles. The molecule has 0 amide bonds. The number of alkyl halides is 1. The first-order valence-corrected chi connectivity index (χ1v) is 6.75. The van der Waals surface area contributed by atoms with E-state index in [9.17, 15) is 10.2 Å². The normalized spacial score (nSPS) is 15.8. The third-order valence-electron chi connectivity index (χ3n) is 3.24. The molecule has 0 aliphatic heterocycles. The Morgan fingerprint density at radius 3 is 2.14 bits per heavy atom. The van der Waals surface area contributed by atoms with Crippen LogP contribution in [0, 0.1) is 5.39 Å². The van der Waals surface area contributed by atoms with Crippen LogP contribution in [-0.4, -0.2) is 10.2 Å². The maximum atomic E-state index is 11.0. The van der Waals surface area contributed by atoms with Crippen LogP contribution in [0.5, 0.6) is 0 Å². The SMILES string of the molecule is N#[N+]/C=C(\O)C(O)(c1ccccc1)C(Cl)c1ccccc1. The smallest absolute Gasteiger partial charge is 0.390 e. The molecule has 2 aromatic rings. The molecule has 21 heavy (non-hydrogen) atoms. The van der Waals surface area contributed by atoms with Crippen molar-refractivity contribution in [2.24, 2.45) is 0 Å². The fraction of sp³-hybridized carbons (Fsp3) is 0.125. The molecule has 2 rings (SSSR count). The lowest BCUT2D eigenvalue weighted by atomic mass is 9.85. The number of hydrogen-bond acceptors (Lipinski definition) is 3. The van der Waals surface area contributed by atoms with Gasteiger partial charge in [0.05, 0.1) is 5.38 Å². The van der Waals surface area contributed by atoms with Gasteiger partial charge in [0.15, 0.2) is 10.6 Å². The second kappa shape index (κ2) is 6.40. The van der Waals surface area contributed by atoms with E-state index in [1.807, 2.05) is 6.07 Å². The third-order valence-corrected chi connectivity index (χ3v) is 3.81. The van der Waals surface area contributed by atoms with E-state index in [2.05, 4.69) is 4.98 Å². The summed E-state index contributed by atoms with van der Waals surface area (Å²) >= 11 is 6.40. The standard InChI is InChI=1S/C16H13ClN2O2/c17-15(12-7-3-1-4-8-12)16(21,14(20)11-19-18)13-9-5-2-6-10-13/h1-11,15,21H/p+1/b14-11-. The summed E-state index contributed by atoms with van der Waals surface area (Å²) in [7, 11) is 0. The van der Waals surface area contributed by atoms with Crippen LogP contribution in [0.25, 0.3) is 4.98 Å². The van der Waals surface area contributed by atoms with Gasteiger partial charge in [-0.3, -0.25) is 0 Å². The number of hydrogen-bond donors (Lipinski definition) is 2. The van der Waals surface area contributed by atoms with E-state index in [0.29, 0.717) is 11.1 Å². The lowest BCUT2D eigenvalue weighted by Gasteiger charge is -2.31. The first kappa shape index (κ1) is 15.0. The van der Waals surface area contributed by atoms with Crippen LogP contribution in [0.4, 0.5) is 0 Å². The van der Waals surface area contributed by atoms with Gasteiger partial charge in [-0.05, 0) is 11.1 Å². The van der Waals surface area contributed by atoms with E-state index in [-0.39, 0.29) is 0 Å². The van der Waals surface area contributed by atoms with Crippen molar-refractivity contribution in [3.63, 3.8) is 0 Å². The maximum absolute atomic E-state index is 11.0. The number of aliphatic hydroxyl groups excluding tert-OH is 1. The van der Waals surface area contributed by atoms with E-state index >= 15 is 0 Å². The van der Waals surface area contributed by atoms with Gasteiger partial charge in [0.25, 0.3) is 0 Å². The zero-order chi connectivity index (χ0) is 15.3. The summed E-state index contributed by atoms with van der Waals surface area (Å²) in [5.41, 5.74) is -0.884. The second-order valence-electron chi connectivity index (χ2n) is 4.54. The molecule has 4 nitrogen and oxygen atoms in total. The van der Waals surface area contributed by atoms with E-state index < -0.39 is 16.7 Å². The highest BCUT2D eigenvalue weighted by Gasteiger charge is 2.44. The van der Waals surface area contributed by atoms with Crippen molar-refractivity contribution in [3.05, 3.63) is 88.7 Å². The Balaban J connectivity index is 2.57. The largest absolute Gasteiger partial charge is 0.503 e. The fourth-order valence-electron chi connectivity index (χ4n) is 2.13. The Kier molecular flexibility index (Phi) is 4.59. The van der Waals surface area contributed by atoms with Crippen LogP contribution in [0.3, 0.4) is 0 Å². The van der Waals surface area contributed by atoms with Crippen molar-refractivity contribution in [1.29, 1.82) is 5.39 Å². The highest BCUT2D eigenvalue weighted by Crippen LogP contribution is 2.44. The average molecular weight is 302 g/mol. The monoisotopic (exact) mass is 301 g/mol. The van der Waals surface area contributed by atoms with Gasteiger partial charge in [0.1, 0.15) is 0 Å². The molecular formula is C16H14ClN2O2+. The number of diazo groups is 1. The number of aliphatic hydroxyl groups is 2. The summed E-state index contributed by atoms with van der Waals surface area (Å²) in [5, 5.41) is 28.8. The molecule has 0 heterocycles. The molecule has 2 unspecified atom stereocenters. The van der Waals surface area contributed by atoms with Crippen molar-refractivity contribution < 1.29 is 10.2 Å². The van der Waals surface area contributed by atoms with Crippen LogP contribution in [0.2, 0.25) is 0 Å². The minimum absolute atomic E-state index is 0.395. The number of rotatable bonds is 4. The van der Waals surface area contributed by atoms with Gasteiger partial charge in [-0.2, -0.15) is 0 Å². The Labute approximate surface area is 127 Å². The summed E-state index contributed by atoms with van der Waals surface area (Å²) in [6, 6.07) is 17.4. The zero-order valence-corrected chi connectivity index (χ0v) is 11.9. The molecule has 106 valence electrons. The fourth-order valence-corrected chi connectivity index (χ4v) is 2.52. The minimum Gasteiger partial charge on any atom is -0.503 e. The average Bonchev–Trinajstić information content (AvgIpc) is 2.55. The van der Waals surface area contributed by atoms with E-state index in [1.165, 1.54) is 0 Å². The van der Waals surface area contributed by atoms with Crippen molar-refractivity contribution in [3.8, 4) is 0 Å². The quantitative estimate of drug-likeness (QED) is 0.507. The molecule has 0 bridgehead atoms. The van der Waals surface area contributed by atoms with Gasteiger partial charge < -0.3 is 10.2 Å². The Morgan fingerprint density at radius 2 is 1.62 bits per heavy atom. The van der Waals surface area contributed by atoms with E-state index in [0.717, 1.165) is 6.20 Å². The van der Waals surface area contributed by atoms with Crippen LogP contribution in [0.1, 0.15) is 16.5 Å². The predicted molar refractivity (Wildman–Crippen MR) is 81.2 cm³/mol. The van der Waals surface area contributed by atoms with E-state index in [4.69, 9.17) is 17.0 Å². The van der Waals surface area contributed by atoms with Crippen LogP contribution in [0.15, 0.2) is 72.6 Å². The number of nitrogens with zero attached hydrogens (tertiary/aromatic N) is 2. The number of benzene rings is 2. The zero-order valence-electron chi connectivity index (χ0n) is 11.1. The molecule has 2 atom stereocenters. The topological polar surface area (TPSA) is 68.6 Å². The summed E-state index contributed by atoms with van der Waals surface area (Å²) in [5.74, 6) is -0.542. The highest BCUT2D eigenvalue weighted by molar-refractivity contribution is 6.21. The summed E-state index contributed by atoms with van der Waals surface area (Å²) in [6.45, 7) is 0. The first-order valence-electron chi connectivity index (χ1n) is 6.31. The Bertz CT molecular complexity index is 668. The van der Waals surface area contributed by atoms with Crippen LogP contribution < -0.4 is 0 Å². The van der Waals surface area contributed by atoms with Crippen molar-refractivity contribution in [2.75, 3.05) is 0 Å². The predicted octanol–water partition coefficient (Wildman–Crippen LogP) is 4.11. The molecule has 0 radical (unpaired) electrons. The summed E-state index contributed by atoms with van der Waals surface area (Å²) < 4.78 is 0. The van der Waals surface area contributed by atoms with Gasteiger partial charge in [0, 0.05) is 0 Å². The van der Waals surface area contributed by atoms with Gasteiger partial charge in [-0.1, -0.05) is 60.7 Å². The molecule has 0 fully saturated rings. The summed E-state index contributed by atoms with van der Waals surface area (Å²) in [6.07, 6.45) is 0.769. The van der Waals surface area contributed by atoms with E-state index in [1.54, 1.807) is 54.6 Å². The molecule has 5 heteroatoms. The molecule has 0 aromatic heterocycles. The van der Waals surface area contributed by atoms with Crippen molar-refractivity contribution in [2.45, 2.75) is 11.0 Å². The molecule has 2 N–H and O–H groups in total. The Morgan fingerprint density at radius 1 is 1.10 bits per heavy atom. The third kappa shape index (κ3) is 2.89. The molecule has 0 saturated heterocycles. The molecule has 0 aliphatic rings. The molecule has 0 spiro atoms. The first-order chi connectivity index (χ1) is 10.1. The van der Waals surface area contributed by atoms with Crippen LogP contribution >= 0.6 is 11.6 Å². The molecule has 0 aliphatic carbocycles. The number of halogens is 1. The maximum Gasteiger partial charge on any atom is 0.390 e. The lowest BCUT2D eigenvalue weighted by molar-refractivity contribution is 0.0271. The second-order valence-corrected chi connectivity index (χ2v) is 4.97. The van der Waals surface area contributed by atoms with Gasteiger partial charge in [-0.15, -0.1) is 11.6 Å². The Hall–Kier alpha value is -2.35. The van der Waals surface area contributed by atoms with Gasteiger partial charge in [0.2, 0.25) is 11.2 Å². The van der Waals surface area contributed by atoms with Crippen molar-refractivity contribution in [1.82, 2.24) is 0 Å². The van der Waals surface area contributed by atoms with Crippen LogP contribution in [-0.2, 0) is 5.60 Å². The minimum atomic E-state index is -1.91. The summed E-state index contributed by atoms with van der Waals surface area (Å²) in [4.78, 5) is 2.77. The molecule has 0 saturated carbocycles. The van der Waals surface area contributed by atoms with Gasteiger partial charge >= 0.3 is 6.20 Å². The molecular weight excluding hydrogens is 288 g/mol. The van der Waals surface area contributed by atoms with Gasteiger partial charge in [-0.25, -0.2) is 0 Å². The lowest BCUT2D eigenvalue weighted by Crippen LogP contribution is -2.33. The highest BCUT2D eigenvalue weighted by atomic mass is 35.5. The van der Waals surface area contributed by atoms with Crippen molar-refractivity contribution >= 4 is 11.6 Å².